The molecule has 2 atom stereocenters. The third kappa shape index (κ3) is 15.2. The maximum Gasteiger partial charge on any atom is -0.0222 e. The summed E-state index contributed by atoms with van der Waals surface area (Å²) in [6.07, 6.45) is 28.1. The van der Waals surface area contributed by atoms with Gasteiger partial charge in [-0.15, -0.1) is 0 Å². The molecule has 0 spiro atoms. The van der Waals surface area contributed by atoms with Crippen molar-refractivity contribution in [2.24, 2.45) is 11.3 Å². The summed E-state index contributed by atoms with van der Waals surface area (Å²) < 4.78 is 0. The molecule has 0 amide bonds. The van der Waals surface area contributed by atoms with E-state index >= 15 is 0 Å². The predicted molar refractivity (Wildman–Crippen MR) is 161 cm³/mol. The van der Waals surface area contributed by atoms with E-state index in [9.17, 15) is 0 Å². The Labute approximate surface area is 220 Å². The van der Waals surface area contributed by atoms with Gasteiger partial charge in [-0.3, -0.25) is 0 Å². The minimum absolute atomic E-state index is 0.476. The van der Waals surface area contributed by atoms with Gasteiger partial charge < -0.3 is 0 Å². The van der Waals surface area contributed by atoms with E-state index in [1.165, 1.54) is 92.9 Å². The lowest BCUT2D eigenvalue weighted by Gasteiger charge is -2.37. The van der Waals surface area contributed by atoms with Crippen molar-refractivity contribution in [3.8, 4) is 0 Å². The smallest absolute Gasteiger partial charge is 0.0222 e. The van der Waals surface area contributed by atoms with E-state index in [4.69, 9.17) is 0 Å². The third-order valence-electron chi connectivity index (χ3n) is 7.73. The number of hydrogen-bond donors (Lipinski definition) is 0. The van der Waals surface area contributed by atoms with Crippen molar-refractivity contribution in [2.45, 2.75) is 139 Å². The van der Waals surface area contributed by atoms with Crippen molar-refractivity contribution in [2.75, 3.05) is 0 Å². The maximum absolute atomic E-state index is 4.43. The highest BCUT2D eigenvalue weighted by Crippen LogP contribution is 2.44. The average Bonchev–Trinajstić information content (AvgIpc) is 2.77. The fourth-order valence-corrected chi connectivity index (χ4v) is 5.25. The van der Waals surface area contributed by atoms with Crippen molar-refractivity contribution >= 4 is 0 Å². The second-order valence-electron chi connectivity index (χ2n) is 12.2. The Bertz CT molecular complexity index is 786. The topological polar surface area (TPSA) is 0 Å². The van der Waals surface area contributed by atoms with Gasteiger partial charge in [0, 0.05) is 0 Å². The molecule has 0 aromatic carbocycles. The van der Waals surface area contributed by atoms with E-state index in [0.29, 0.717) is 5.41 Å². The summed E-state index contributed by atoms with van der Waals surface area (Å²) in [4.78, 5) is 0. The molecule has 0 N–H and O–H groups in total. The largest absolute Gasteiger partial charge is 0.0999 e. The van der Waals surface area contributed by atoms with Gasteiger partial charge in [-0.25, -0.2) is 0 Å². The Kier molecular flexibility index (Phi) is 15.3. The lowest BCUT2D eigenvalue weighted by atomic mass is 9.68. The Hall–Kier alpha value is -1.56. The summed E-state index contributed by atoms with van der Waals surface area (Å²) in [7, 11) is 0. The molecule has 0 bridgehead atoms. The van der Waals surface area contributed by atoms with Crippen molar-refractivity contribution in [1.82, 2.24) is 0 Å². The second kappa shape index (κ2) is 17.0. The van der Waals surface area contributed by atoms with Crippen molar-refractivity contribution in [3.05, 3.63) is 70.4 Å². The van der Waals surface area contributed by atoms with Crippen LogP contribution in [0.1, 0.15) is 139 Å². The fraction of sp³-hybridized carbons (Fsp3) is 0.657. The summed E-state index contributed by atoms with van der Waals surface area (Å²) in [5, 5.41) is 0. The lowest BCUT2D eigenvalue weighted by molar-refractivity contribution is 0.223. The molecule has 2 unspecified atom stereocenters. The number of hydrogen-bond acceptors (Lipinski definition) is 0. The van der Waals surface area contributed by atoms with Gasteiger partial charge in [-0.1, -0.05) is 90.7 Å². The standard InChI is InChI=1S/C35H58/c1-10-35(9)26-33(22-14-21-31(7)18-12-16-29(4)5)25-34(27-35)24-23-32(8)20-13-19-30(6)17-11-15-28(2)3/h15-16,19,21,25,34H,8,10-14,17-18,20,22-24,26-27H2,1-7,9H3/b30-19+,31-21+. The number of allylic oxidation sites excluding steroid dienone is 11. The third-order valence-corrected chi connectivity index (χ3v) is 7.73. The first-order chi connectivity index (χ1) is 16.5. The zero-order valence-corrected chi connectivity index (χ0v) is 24.9. The zero-order valence-electron chi connectivity index (χ0n) is 24.9. The highest BCUT2D eigenvalue weighted by Gasteiger charge is 2.30. The van der Waals surface area contributed by atoms with E-state index in [1.54, 1.807) is 11.1 Å². The first kappa shape index (κ1) is 31.5. The van der Waals surface area contributed by atoms with Gasteiger partial charge >= 0.3 is 0 Å². The van der Waals surface area contributed by atoms with E-state index < -0.39 is 0 Å². The molecular weight excluding hydrogens is 420 g/mol. The van der Waals surface area contributed by atoms with E-state index in [0.717, 1.165) is 18.8 Å². The fourth-order valence-electron chi connectivity index (χ4n) is 5.25. The van der Waals surface area contributed by atoms with Crippen molar-refractivity contribution in [3.63, 3.8) is 0 Å². The Morgan fingerprint density at radius 2 is 1.37 bits per heavy atom. The van der Waals surface area contributed by atoms with Gasteiger partial charge in [-0.05, 0) is 130 Å². The molecule has 0 nitrogen and oxygen atoms in total. The highest BCUT2D eigenvalue weighted by molar-refractivity contribution is 5.15. The van der Waals surface area contributed by atoms with Gasteiger partial charge in [0.05, 0.1) is 0 Å². The molecule has 1 aliphatic rings. The van der Waals surface area contributed by atoms with Crippen LogP contribution in [0.15, 0.2) is 70.4 Å². The van der Waals surface area contributed by atoms with Crippen LogP contribution >= 0.6 is 0 Å². The van der Waals surface area contributed by atoms with Crippen LogP contribution in [0.4, 0.5) is 0 Å². The van der Waals surface area contributed by atoms with E-state index in [1.807, 2.05) is 0 Å². The molecule has 35 heavy (non-hydrogen) atoms. The summed E-state index contributed by atoms with van der Waals surface area (Å²) in [5.74, 6) is 0.726. The van der Waals surface area contributed by atoms with Crippen LogP contribution in [0.2, 0.25) is 0 Å². The molecule has 0 fully saturated rings. The summed E-state index contributed by atoms with van der Waals surface area (Å²) in [6, 6.07) is 0. The Morgan fingerprint density at radius 1 is 0.829 bits per heavy atom. The normalized spacial score (nSPS) is 20.9. The molecule has 0 aromatic rings. The molecule has 0 heteroatoms. The average molecular weight is 479 g/mol. The van der Waals surface area contributed by atoms with Crippen LogP contribution in [0, 0.1) is 11.3 Å². The molecule has 0 saturated heterocycles. The quantitative estimate of drug-likeness (QED) is 0.193. The highest BCUT2D eigenvalue weighted by atomic mass is 14.4. The molecule has 1 rings (SSSR count). The molecule has 0 heterocycles. The summed E-state index contributed by atoms with van der Waals surface area (Å²) in [5.41, 5.74) is 9.54. The monoisotopic (exact) mass is 478 g/mol. The molecule has 0 radical (unpaired) electrons. The van der Waals surface area contributed by atoms with E-state index in [2.05, 4.69) is 92.3 Å². The van der Waals surface area contributed by atoms with Crippen LogP contribution in [-0.2, 0) is 0 Å². The summed E-state index contributed by atoms with van der Waals surface area (Å²) >= 11 is 0. The maximum atomic E-state index is 4.43. The molecule has 198 valence electrons. The van der Waals surface area contributed by atoms with Gasteiger partial charge in [0.2, 0.25) is 0 Å². The Morgan fingerprint density at radius 3 is 1.91 bits per heavy atom. The van der Waals surface area contributed by atoms with Crippen LogP contribution in [0.25, 0.3) is 0 Å². The van der Waals surface area contributed by atoms with Crippen LogP contribution in [-0.4, -0.2) is 0 Å². The van der Waals surface area contributed by atoms with Crippen molar-refractivity contribution < 1.29 is 0 Å². The minimum atomic E-state index is 0.476. The van der Waals surface area contributed by atoms with Gasteiger partial charge in [0.25, 0.3) is 0 Å². The molecule has 1 aliphatic carbocycles. The number of rotatable bonds is 16. The lowest BCUT2D eigenvalue weighted by Crippen LogP contribution is -2.24. The molecular formula is C35H58. The molecule has 0 aliphatic heterocycles. The van der Waals surface area contributed by atoms with Crippen molar-refractivity contribution in [1.29, 1.82) is 0 Å². The SMILES string of the molecule is C=C(CC/C=C(\C)CCC=C(C)C)CCC1C=C(CC/C=C(\C)CCC=C(C)C)CC(C)(CC)C1. The van der Waals surface area contributed by atoms with Gasteiger partial charge in [-0.2, -0.15) is 0 Å². The Balaban J connectivity index is 2.53. The van der Waals surface area contributed by atoms with Crippen LogP contribution in [0.5, 0.6) is 0 Å². The first-order valence-corrected chi connectivity index (χ1v) is 14.5. The second-order valence-corrected chi connectivity index (χ2v) is 12.2. The zero-order chi connectivity index (χ0) is 26.3. The van der Waals surface area contributed by atoms with Crippen LogP contribution < -0.4 is 0 Å². The first-order valence-electron chi connectivity index (χ1n) is 14.5. The van der Waals surface area contributed by atoms with Crippen LogP contribution in [0.3, 0.4) is 0 Å². The van der Waals surface area contributed by atoms with Gasteiger partial charge in [0.15, 0.2) is 0 Å². The van der Waals surface area contributed by atoms with E-state index in [-0.39, 0.29) is 0 Å². The summed E-state index contributed by atoms with van der Waals surface area (Å²) in [6.45, 7) is 22.7. The molecule has 0 aromatic heterocycles. The molecule has 0 saturated carbocycles. The predicted octanol–water partition coefficient (Wildman–Crippen LogP) is 12.0. The van der Waals surface area contributed by atoms with Gasteiger partial charge in [0.1, 0.15) is 0 Å². The minimum Gasteiger partial charge on any atom is -0.0999 e.